The molecule has 0 N–H and O–H groups in total. The Balaban J connectivity index is 2.23. The Morgan fingerprint density at radius 2 is 1.83 bits per heavy atom. The molecule has 6 nitrogen and oxygen atoms in total. The van der Waals surface area contributed by atoms with Gasteiger partial charge in [-0.3, -0.25) is 0 Å². The second-order valence-corrected chi connectivity index (χ2v) is 14.4. The summed E-state index contributed by atoms with van der Waals surface area (Å²) in [5.41, 5.74) is 4.88. The van der Waals surface area contributed by atoms with E-state index < -0.39 is 19.6 Å². The minimum Gasteiger partial charge on any atom is -0.465 e. The lowest BCUT2D eigenvalue weighted by atomic mass is 10.1. The third-order valence-electron chi connectivity index (χ3n) is 4.60. The number of benzene rings is 1. The summed E-state index contributed by atoms with van der Waals surface area (Å²) in [4.78, 5) is 28.8. The van der Waals surface area contributed by atoms with Crippen LogP contribution in [0.2, 0.25) is 19.6 Å². The van der Waals surface area contributed by atoms with Crippen molar-refractivity contribution in [2.24, 2.45) is 0 Å². The third kappa shape index (κ3) is 6.53. The Kier molecular flexibility index (Phi) is 7.25. The van der Waals surface area contributed by atoms with Crippen molar-refractivity contribution in [2.75, 3.05) is 31.6 Å². The van der Waals surface area contributed by atoms with Gasteiger partial charge in [-0.2, -0.15) is 0 Å². The maximum atomic E-state index is 12.5. The van der Waals surface area contributed by atoms with Crippen LogP contribution < -0.4 is 4.90 Å². The number of amides is 1. The Morgan fingerprint density at radius 1 is 1.17 bits per heavy atom. The second kappa shape index (κ2) is 9.13. The molecule has 1 heterocycles. The molecule has 0 aromatic heterocycles. The standard InChI is InChI=1S/C23H34N2O4Si/c1-17-16-24(12-13-25(17)22(27)29-23(2,3)4)19-10-9-18(11-14-30(6,7)8)20(15-19)21(26)28-5/h9-10,15,17H,12-13,16H2,1-8H3/t17-/m0/s1. The summed E-state index contributed by atoms with van der Waals surface area (Å²) in [7, 11) is -0.190. The molecular weight excluding hydrogens is 396 g/mol. The van der Waals surface area contributed by atoms with Gasteiger partial charge in [0, 0.05) is 36.9 Å². The number of piperazine rings is 1. The molecule has 1 aliphatic heterocycles. The number of rotatable bonds is 2. The number of anilines is 1. The van der Waals surface area contributed by atoms with Gasteiger partial charge in [-0.1, -0.05) is 25.6 Å². The number of esters is 1. The van der Waals surface area contributed by atoms with Gasteiger partial charge in [0.25, 0.3) is 0 Å². The molecular formula is C23H34N2O4Si. The van der Waals surface area contributed by atoms with Gasteiger partial charge in [0.15, 0.2) is 0 Å². The minimum absolute atomic E-state index is 0.0125. The molecule has 1 aromatic carbocycles. The molecule has 0 unspecified atom stereocenters. The highest BCUT2D eigenvalue weighted by Crippen LogP contribution is 2.24. The second-order valence-electron chi connectivity index (χ2n) is 9.69. The Bertz CT molecular complexity index is 859. The Labute approximate surface area is 181 Å². The van der Waals surface area contributed by atoms with Crippen molar-refractivity contribution in [1.29, 1.82) is 0 Å². The number of methoxy groups -OCH3 is 1. The van der Waals surface area contributed by atoms with Gasteiger partial charge in [-0.15, -0.1) is 5.54 Å². The van der Waals surface area contributed by atoms with Crippen LogP contribution in [0.15, 0.2) is 18.2 Å². The molecule has 0 bridgehead atoms. The summed E-state index contributed by atoms with van der Waals surface area (Å²) in [6, 6.07) is 5.70. The lowest BCUT2D eigenvalue weighted by molar-refractivity contribution is 0.0159. The van der Waals surface area contributed by atoms with Gasteiger partial charge in [0.1, 0.15) is 13.7 Å². The number of carbonyl (C=O) groups excluding carboxylic acids is 2. The zero-order valence-electron chi connectivity index (χ0n) is 19.5. The van der Waals surface area contributed by atoms with Crippen molar-refractivity contribution < 1.29 is 19.1 Å². The van der Waals surface area contributed by atoms with Crippen molar-refractivity contribution in [3.8, 4) is 11.5 Å². The van der Waals surface area contributed by atoms with E-state index in [1.54, 1.807) is 4.90 Å². The van der Waals surface area contributed by atoms with Crippen LogP contribution in [0.4, 0.5) is 10.5 Å². The van der Waals surface area contributed by atoms with Gasteiger partial charge in [-0.05, 0) is 45.9 Å². The normalized spacial score (nSPS) is 17.1. The van der Waals surface area contributed by atoms with Crippen molar-refractivity contribution in [3.05, 3.63) is 29.3 Å². The molecule has 1 amide bonds. The van der Waals surface area contributed by atoms with E-state index in [1.807, 2.05) is 45.9 Å². The first kappa shape index (κ1) is 23.8. The van der Waals surface area contributed by atoms with Crippen LogP contribution >= 0.6 is 0 Å². The molecule has 0 radical (unpaired) electrons. The molecule has 0 spiro atoms. The molecule has 164 valence electrons. The van der Waals surface area contributed by atoms with Gasteiger partial charge >= 0.3 is 12.1 Å². The maximum Gasteiger partial charge on any atom is 0.410 e. The predicted molar refractivity (Wildman–Crippen MR) is 123 cm³/mol. The summed E-state index contributed by atoms with van der Waals surface area (Å²) in [5.74, 6) is 2.78. The van der Waals surface area contributed by atoms with Crippen LogP contribution in [0.1, 0.15) is 43.6 Å². The molecule has 2 rings (SSSR count). The largest absolute Gasteiger partial charge is 0.465 e. The molecule has 1 fully saturated rings. The quantitative estimate of drug-likeness (QED) is 0.401. The summed E-state index contributed by atoms with van der Waals surface area (Å²) in [6.07, 6.45) is -0.290. The fraction of sp³-hybridized carbons (Fsp3) is 0.565. The van der Waals surface area contributed by atoms with E-state index in [0.29, 0.717) is 30.8 Å². The Morgan fingerprint density at radius 3 is 2.37 bits per heavy atom. The highest BCUT2D eigenvalue weighted by atomic mass is 28.3. The molecule has 1 saturated heterocycles. The number of hydrogen-bond acceptors (Lipinski definition) is 5. The van der Waals surface area contributed by atoms with Crippen molar-refractivity contribution in [3.63, 3.8) is 0 Å². The van der Waals surface area contributed by atoms with Crippen LogP contribution in [0.25, 0.3) is 0 Å². The van der Waals surface area contributed by atoms with Crippen LogP contribution in [-0.2, 0) is 9.47 Å². The first-order valence-corrected chi connectivity index (χ1v) is 13.8. The molecule has 0 saturated carbocycles. The van der Waals surface area contributed by atoms with Gasteiger partial charge in [0.05, 0.1) is 12.7 Å². The molecule has 1 aromatic rings. The number of carbonyl (C=O) groups is 2. The fourth-order valence-electron chi connectivity index (χ4n) is 3.16. The zero-order valence-corrected chi connectivity index (χ0v) is 20.5. The summed E-state index contributed by atoms with van der Waals surface area (Å²) in [6.45, 7) is 16.0. The first-order valence-electron chi connectivity index (χ1n) is 10.3. The van der Waals surface area contributed by atoms with Gasteiger partial charge < -0.3 is 19.3 Å². The van der Waals surface area contributed by atoms with Gasteiger partial charge in [0.2, 0.25) is 0 Å². The lowest BCUT2D eigenvalue weighted by Crippen LogP contribution is -2.55. The highest BCUT2D eigenvalue weighted by molar-refractivity contribution is 6.83. The molecule has 0 aliphatic carbocycles. The smallest absolute Gasteiger partial charge is 0.410 e. The SMILES string of the molecule is COC(=O)c1cc(N2CCN(C(=O)OC(C)(C)C)[C@@H](C)C2)ccc1C#C[Si](C)(C)C. The van der Waals surface area contributed by atoms with E-state index in [9.17, 15) is 9.59 Å². The highest BCUT2D eigenvalue weighted by Gasteiger charge is 2.31. The van der Waals surface area contributed by atoms with Crippen LogP contribution in [0.5, 0.6) is 0 Å². The number of ether oxygens (including phenoxy) is 2. The lowest BCUT2D eigenvalue weighted by Gasteiger charge is -2.41. The summed E-state index contributed by atoms with van der Waals surface area (Å²) >= 11 is 0. The minimum atomic E-state index is -1.57. The van der Waals surface area contributed by atoms with Crippen molar-refractivity contribution in [1.82, 2.24) is 4.90 Å². The van der Waals surface area contributed by atoms with Crippen LogP contribution in [0.3, 0.4) is 0 Å². The monoisotopic (exact) mass is 430 g/mol. The first-order chi connectivity index (χ1) is 13.8. The van der Waals surface area contributed by atoms with Crippen molar-refractivity contribution >= 4 is 25.8 Å². The molecule has 1 atom stereocenters. The zero-order chi connectivity index (χ0) is 22.7. The summed E-state index contributed by atoms with van der Waals surface area (Å²) < 4.78 is 10.5. The molecule has 1 aliphatic rings. The fourth-order valence-corrected chi connectivity index (χ4v) is 3.67. The topological polar surface area (TPSA) is 59.1 Å². The van der Waals surface area contributed by atoms with E-state index >= 15 is 0 Å². The van der Waals surface area contributed by atoms with Gasteiger partial charge in [-0.25, -0.2) is 9.59 Å². The third-order valence-corrected chi connectivity index (χ3v) is 5.48. The van der Waals surface area contributed by atoms with Crippen molar-refractivity contribution in [2.45, 2.75) is 59.0 Å². The van der Waals surface area contributed by atoms with E-state index in [0.717, 1.165) is 5.69 Å². The average molecular weight is 431 g/mol. The maximum absolute atomic E-state index is 12.5. The van der Waals surface area contributed by atoms with E-state index in [1.165, 1.54) is 7.11 Å². The van der Waals surface area contributed by atoms with E-state index in [-0.39, 0.29) is 12.1 Å². The molecule has 7 heteroatoms. The van der Waals surface area contributed by atoms with Crippen LogP contribution in [0, 0.1) is 11.5 Å². The predicted octanol–water partition coefficient (Wildman–Crippen LogP) is 4.15. The molecule has 30 heavy (non-hydrogen) atoms. The van der Waals surface area contributed by atoms with E-state index in [4.69, 9.17) is 9.47 Å². The van der Waals surface area contributed by atoms with Crippen LogP contribution in [-0.4, -0.2) is 63.4 Å². The number of hydrogen-bond donors (Lipinski definition) is 0. The Hall–Kier alpha value is -2.46. The summed E-state index contributed by atoms with van der Waals surface area (Å²) in [5, 5.41) is 0. The average Bonchev–Trinajstić information content (AvgIpc) is 2.63. The van der Waals surface area contributed by atoms with E-state index in [2.05, 4.69) is 36.0 Å². The number of nitrogens with zero attached hydrogens (tertiary/aromatic N) is 2.